The van der Waals surface area contributed by atoms with E-state index < -0.39 is 0 Å². The van der Waals surface area contributed by atoms with Crippen LogP contribution >= 0.6 is 23.4 Å². The summed E-state index contributed by atoms with van der Waals surface area (Å²) in [7, 11) is 0. The van der Waals surface area contributed by atoms with Crippen LogP contribution in [0.2, 0.25) is 0 Å². The maximum atomic E-state index is 9.52. The first-order chi connectivity index (χ1) is 14.0. The van der Waals surface area contributed by atoms with Crippen molar-refractivity contribution < 1.29 is 10.2 Å². The van der Waals surface area contributed by atoms with Crippen LogP contribution in [0.15, 0.2) is 41.3 Å². The number of aliphatic hydroxyl groups is 2. The summed E-state index contributed by atoms with van der Waals surface area (Å²) in [6.07, 6.45) is 5.82. The van der Waals surface area contributed by atoms with Gasteiger partial charge in [-0.2, -0.15) is 0 Å². The van der Waals surface area contributed by atoms with E-state index in [-0.39, 0.29) is 18.6 Å². The molecule has 0 aromatic heterocycles. The summed E-state index contributed by atoms with van der Waals surface area (Å²) >= 11 is 8.62. The molecule has 1 fully saturated rings. The number of hydrogen-bond acceptors (Lipinski definition) is 3. The standard InChI is InChI=1S/C25H33ClO2S/c1-17-11-22(12-18(2)23(17)15-28)29-16-24-21(9-10-25(24)26)8-4-6-19-5-3-7-20(13-19)14-27/h3,5,7,11-13,21,24-25,27-28H,4,6,8-10,14-16H2,1-2H3/t21-,24?,25?/m0/s1. The van der Waals surface area contributed by atoms with Gasteiger partial charge in [0, 0.05) is 16.0 Å². The molecule has 2 N–H and O–H groups in total. The van der Waals surface area contributed by atoms with Crippen LogP contribution in [-0.4, -0.2) is 21.3 Å². The molecule has 158 valence electrons. The van der Waals surface area contributed by atoms with Gasteiger partial charge in [-0.3, -0.25) is 0 Å². The van der Waals surface area contributed by atoms with Gasteiger partial charge in [0.05, 0.1) is 13.2 Å². The van der Waals surface area contributed by atoms with Crippen molar-refractivity contribution >= 4 is 23.4 Å². The summed E-state index contributed by atoms with van der Waals surface area (Å²) in [6, 6.07) is 12.7. The highest BCUT2D eigenvalue weighted by Crippen LogP contribution is 2.42. The molecule has 0 radical (unpaired) electrons. The van der Waals surface area contributed by atoms with Crippen molar-refractivity contribution in [2.24, 2.45) is 11.8 Å². The highest BCUT2D eigenvalue weighted by atomic mass is 35.5. The van der Waals surface area contributed by atoms with Gasteiger partial charge in [-0.15, -0.1) is 23.4 Å². The Morgan fingerprint density at radius 2 is 1.72 bits per heavy atom. The van der Waals surface area contributed by atoms with Gasteiger partial charge in [0.25, 0.3) is 0 Å². The molecular formula is C25H33ClO2S. The van der Waals surface area contributed by atoms with E-state index in [4.69, 9.17) is 11.6 Å². The first-order valence-corrected chi connectivity index (χ1v) is 12.1. The molecule has 1 aliphatic carbocycles. The summed E-state index contributed by atoms with van der Waals surface area (Å²) in [6.45, 7) is 4.38. The van der Waals surface area contributed by atoms with Crippen LogP contribution in [-0.2, 0) is 19.6 Å². The van der Waals surface area contributed by atoms with Crippen LogP contribution in [0.5, 0.6) is 0 Å². The number of aliphatic hydroxyl groups excluding tert-OH is 2. The van der Waals surface area contributed by atoms with Gasteiger partial charge in [0.15, 0.2) is 0 Å². The third kappa shape index (κ3) is 6.01. The number of aryl methyl sites for hydroxylation is 3. The lowest BCUT2D eigenvalue weighted by Gasteiger charge is -2.22. The molecule has 0 saturated heterocycles. The Morgan fingerprint density at radius 3 is 2.41 bits per heavy atom. The molecule has 3 rings (SSSR count). The van der Waals surface area contributed by atoms with E-state index in [0.717, 1.165) is 29.7 Å². The molecule has 0 heterocycles. The van der Waals surface area contributed by atoms with Gasteiger partial charge in [-0.1, -0.05) is 24.3 Å². The molecule has 3 atom stereocenters. The van der Waals surface area contributed by atoms with E-state index in [0.29, 0.717) is 11.8 Å². The Morgan fingerprint density at radius 1 is 1.00 bits per heavy atom. The Balaban J connectivity index is 1.54. The summed E-state index contributed by atoms with van der Waals surface area (Å²) in [5.74, 6) is 2.32. The average molecular weight is 433 g/mol. The second kappa shape index (κ2) is 10.9. The zero-order valence-corrected chi connectivity index (χ0v) is 19.1. The summed E-state index contributed by atoms with van der Waals surface area (Å²) in [4.78, 5) is 1.28. The van der Waals surface area contributed by atoms with Crippen LogP contribution < -0.4 is 0 Å². The molecule has 1 saturated carbocycles. The molecule has 1 aliphatic rings. The van der Waals surface area contributed by atoms with Gasteiger partial charge in [0.2, 0.25) is 0 Å². The van der Waals surface area contributed by atoms with Gasteiger partial charge >= 0.3 is 0 Å². The van der Waals surface area contributed by atoms with Crippen molar-refractivity contribution in [3.63, 3.8) is 0 Å². The van der Waals surface area contributed by atoms with Crippen molar-refractivity contribution in [3.8, 4) is 0 Å². The van der Waals surface area contributed by atoms with Gasteiger partial charge in [0.1, 0.15) is 0 Å². The SMILES string of the molecule is Cc1cc(SCC2C(Cl)CC[C@@H]2CCCc2cccc(CO)c2)cc(C)c1CO. The third-order valence-electron chi connectivity index (χ3n) is 6.37. The van der Waals surface area contributed by atoms with Gasteiger partial charge in [-0.25, -0.2) is 0 Å². The predicted molar refractivity (Wildman–Crippen MR) is 124 cm³/mol. The minimum absolute atomic E-state index is 0.109. The zero-order chi connectivity index (χ0) is 20.8. The molecule has 2 aromatic carbocycles. The fourth-order valence-electron chi connectivity index (χ4n) is 4.63. The smallest absolute Gasteiger partial charge is 0.0687 e. The molecular weight excluding hydrogens is 400 g/mol. The number of rotatable bonds is 9. The minimum Gasteiger partial charge on any atom is -0.392 e. The highest BCUT2D eigenvalue weighted by molar-refractivity contribution is 7.99. The van der Waals surface area contributed by atoms with Crippen LogP contribution in [0.25, 0.3) is 0 Å². The minimum atomic E-state index is 0.109. The van der Waals surface area contributed by atoms with E-state index in [1.54, 1.807) is 0 Å². The Bertz CT molecular complexity index is 784. The second-order valence-corrected chi connectivity index (χ2v) is 10.0. The molecule has 0 bridgehead atoms. The molecule has 2 unspecified atom stereocenters. The van der Waals surface area contributed by atoms with Gasteiger partial charge < -0.3 is 10.2 Å². The summed E-state index contributed by atoms with van der Waals surface area (Å²) < 4.78 is 0. The molecule has 0 spiro atoms. The van der Waals surface area contributed by atoms with Gasteiger partial charge in [-0.05, 0) is 97.7 Å². The van der Waals surface area contributed by atoms with Crippen LogP contribution in [0, 0.1) is 25.7 Å². The lowest BCUT2D eigenvalue weighted by molar-refractivity contribution is 0.280. The van der Waals surface area contributed by atoms with E-state index >= 15 is 0 Å². The van der Waals surface area contributed by atoms with Crippen LogP contribution in [0.3, 0.4) is 0 Å². The quantitative estimate of drug-likeness (QED) is 0.375. The summed E-state index contributed by atoms with van der Waals surface area (Å²) in [5.41, 5.74) is 5.71. The van der Waals surface area contributed by atoms with Crippen LogP contribution in [0.4, 0.5) is 0 Å². The topological polar surface area (TPSA) is 40.5 Å². The summed E-state index contributed by atoms with van der Waals surface area (Å²) in [5, 5.41) is 19.1. The maximum Gasteiger partial charge on any atom is 0.0687 e. The number of hydrogen-bond donors (Lipinski definition) is 2. The predicted octanol–water partition coefficient (Wildman–Crippen LogP) is 6.04. The number of alkyl halides is 1. The Hall–Kier alpha value is -1.00. The van der Waals surface area contributed by atoms with Crippen molar-refractivity contribution in [2.75, 3.05) is 5.75 Å². The molecule has 4 heteroatoms. The average Bonchev–Trinajstić information content (AvgIpc) is 3.06. The fourth-order valence-corrected chi connectivity index (χ4v) is 6.56. The fraction of sp³-hybridized carbons (Fsp3) is 0.520. The molecule has 29 heavy (non-hydrogen) atoms. The van der Waals surface area contributed by atoms with E-state index in [1.165, 1.54) is 40.8 Å². The Kier molecular flexibility index (Phi) is 8.49. The van der Waals surface area contributed by atoms with Crippen molar-refractivity contribution in [1.82, 2.24) is 0 Å². The Labute approximate surface area is 184 Å². The number of benzene rings is 2. The van der Waals surface area contributed by atoms with Crippen molar-refractivity contribution in [2.45, 2.75) is 69.4 Å². The van der Waals surface area contributed by atoms with E-state index in [2.05, 4.69) is 38.1 Å². The lowest BCUT2D eigenvalue weighted by Crippen LogP contribution is -2.18. The zero-order valence-electron chi connectivity index (χ0n) is 17.5. The van der Waals surface area contributed by atoms with Crippen LogP contribution in [0.1, 0.15) is 53.5 Å². The first kappa shape index (κ1) is 22.7. The number of thioether (sulfide) groups is 1. The molecule has 0 aliphatic heterocycles. The largest absolute Gasteiger partial charge is 0.392 e. The monoisotopic (exact) mass is 432 g/mol. The first-order valence-electron chi connectivity index (χ1n) is 10.7. The third-order valence-corrected chi connectivity index (χ3v) is 8.03. The van der Waals surface area contributed by atoms with Crippen molar-refractivity contribution in [3.05, 3.63) is 64.2 Å². The molecule has 2 nitrogen and oxygen atoms in total. The second-order valence-electron chi connectivity index (χ2n) is 8.39. The molecule has 0 amide bonds. The number of halogens is 1. The molecule has 2 aromatic rings. The van der Waals surface area contributed by atoms with E-state index in [1.807, 2.05) is 23.9 Å². The maximum absolute atomic E-state index is 9.52. The van der Waals surface area contributed by atoms with Crippen molar-refractivity contribution in [1.29, 1.82) is 0 Å². The lowest BCUT2D eigenvalue weighted by atomic mass is 9.91. The highest BCUT2D eigenvalue weighted by Gasteiger charge is 2.34. The normalized spacial score (nSPS) is 21.6. The van der Waals surface area contributed by atoms with E-state index in [9.17, 15) is 10.2 Å².